The van der Waals surface area contributed by atoms with Gasteiger partial charge in [0.2, 0.25) is 0 Å². The Morgan fingerprint density at radius 3 is 2.56 bits per heavy atom. The van der Waals surface area contributed by atoms with E-state index < -0.39 is 12.1 Å². The second-order valence-corrected chi connectivity index (χ2v) is 3.08. The van der Waals surface area contributed by atoms with Crippen LogP contribution in [0.15, 0.2) is 5.16 Å². The highest BCUT2D eigenvalue weighted by Crippen LogP contribution is 2.16. The molecule has 5 nitrogen and oxygen atoms in total. The minimum absolute atomic E-state index is 0.120. The van der Waals surface area contributed by atoms with Crippen molar-refractivity contribution in [2.45, 2.75) is 12.6 Å². The maximum absolute atomic E-state index is 11.6. The Morgan fingerprint density at radius 1 is 1.38 bits per heavy atom. The summed E-state index contributed by atoms with van der Waals surface area (Å²) in [7, 11) is 0. The Balaban J connectivity index is 1.97. The fraction of sp³-hybridized carbons (Fsp3) is 0.750. The molecule has 0 bridgehead atoms. The molecule has 1 fully saturated rings. The highest BCUT2D eigenvalue weighted by molar-refractivity contribution is 5.92. The Hall–Kier alpha value is -1.31. The largest absolute Gasteiger partial charge is 0.490 e. The van der Waals surface area contributed by atoms with E-state index in [9.17, 15) is 18.0 Å². The summed E-state index contributed by atoms with van der Waals surface area (Å²) in [5, 5.41) is 6.63. The van der Waals surface area contributed by atoms with Crippen LogP contribution in [0, 0.1) is 0 Å². The van der Waals surface area contributed by atoms with Crippen LogP contribution in [0.25, 0.3) is 0 Å². The molecule has 8 heteroatoms. The van der Waals surface area contributed by atoms with Crippen LogP contribution >= 0.6 is 0 Å². The van der Waals surface area contributed by atoms with Gasteiger partial charge in [0.05, 0.1) is 12.3 Å². The standard InChI is InChI=1S/C8H11F3N2O3/c9-8(10,11)7(14)15-2-1-3-16-13-6-4-12-5-6/h12H,1-5H2. The summed E-state index contributed by atoms with van der Waals surface area (Å²) in [5.41, 5.74) is 0.854. The van der Waals surface area contributed by atoms with Gasteiger partial charge in [0.15, 0.2) is 0 Å². The fourth-order valence-corrected chi connectivity index (χ4v) is 0.808. The first kappa shape index (κ1) is 12.8. The number of hydrogen-bond donors (Lipinski definition) is 1. The van der Waals surface area contributed by atoms with Crippen LogP contribution in [-0.2, 0) is 14.4 Å². The van der Waals surface area contributed by atoms with Gasteiger partial charge in [-0.25, -0.2) is 4.79 Å². The highest BCUT2D eigenvalue weighted by atomic mass is 19.4. The molecule has 1 aliphatic heterocycles. The van der Waals surface area contributed by atoms with Crippen LogP contribution in [0.1, 0.15) is 6.42 Å². The summed E-state index contributed by atoms with van der Waals surface area (Å²) < 4.78 is 38.9. The van der Waals surface area contributed by atoms with Crippen molar-refractivity contribution in [3.05, 3.63) is 0 Å². The van der Waals surface area contributed by atoms with E-state index in [4.69, 9.17) is 4.84 Å². The molecule has 1 heterocycles. The van der Waals surface area contributed by atoms with Crippen molar-refractivity contribution in [2.24, 2.45) is 5.16 Å². The van der Waals surface area contributed by atoms with E-state index in [0.29, 0.717) is 13.1 Å². The molecule has 0 aromatic heterocycles. The van der Waals surface area contributed by atoms with Crippen molar-refractivity contribution >= 4 is 11.7 Å². The van der Waals surface area contributed by atoms with E-state index in [-0.39, 0.29) is 19.6 Å². The molecule has 1 aliphatic rings. The van der Waals surface area contributed by atoms with Crippen molar-refractivity contribution in [3.63, 3.8) is 0 Å². The molecule has 0 spiro atoms. The highest BCUT2D eigenvalue weighted by Gasteiger charge is 2.40. The van der Waals surface area contributed by atoms with Gasteiger partial charge >= 0.3 is 12.1 Å². The Kier molecular flexibility index (Phi) is 4.53. The smallest absolute Gasteiger partial charge is 0.459 e. The third kappa shape index (κ3) is 4.47. The van der Waals surface area contributed by atoms with Gasteiger partial charge in [-0.1, -0.05) is 5.16 Å². The van der Waals surface area contributed by atoms with E-state index in [2.05, 4.69) is 15.2 Å². The molecule has 0 atom stereocenters. The molecular weight excluding hydrogens is 229 g/mol. The lowest BCUT2D eigenvalue weighted by Gasteiger charge is -2.15. The van der Waals surface area contributed by atoms with Gasteiger partial charge in [-0.2, -0.15) is 13.2 Å². The number of rotatable bonds is 5. The molecule has 0 aliphatic carbocycles. The number of esters is 1. The number of nitrogens with zero attached hydrogens (tertiary/aromatic N) is 1. The van der Waals surface area contributed by atoms with Crippen molar-refractivity contribution in [1.29, 1.82) is 0 Å². The average molecular weight is 240 g/mol. The van der Waals surface area contributed by atoms with Crippen LogP contribution in [0.2, 0.25) is 0 Å². The summed E-state index contributed by atoms with van der Waals surface area (Å²) in [4.78, 5) is 15.0. The van der Waals surface area contributed by atoms with Crippen molar-refractivity contribution in [3.8, 4) is 0 Å². The first-order valence-corrected chi connectivity index (χ1v) is 4.62. The minimum Gasteiger partial charge on any atom is -0.459 e. The lowest BCUT2D eigenvalue weighted by Crippen LogP contribution is -2.42. The minimum atomic E-state index is -4.93. The van der Waals surface area contributed by atoms with Gasteiger partial charge in [-0.15, -0.1) is 0 Å². The molecule has 92 valence electrons. The Morgan fingerprint density at radius 2 is 2.06 bits per heavy atom. The second kappa shape index (κ2) is 5.69. The van der Waals surface area contributed by atoms with Crippen LogP contribution in [0.5, 0.6) is 0 Å². The molecule has 0 aromatic rings. The van der Waals surface area contributed by atoms with Crippen molar-refractivity contribution in [1.82, 2.24) is 5.32 Å². The van der Waals surface area contributed by atoms with E-state index in [0.717, 1.165) is 5.71 Å². The number of carbonyl (C=O) groups excluding carboxylic acids is 1. The van der Waals surface area contributed by atoms with Gasteiger partial charge in [0.25, 0.3) is 0 Å². The maximum Gasteiger partial charge on any atom is 0.490 e. The summed E-state index contributed by atoms with van der Waals surface area (Å²) in [6, 6.07) is 0. The summed E-state index contributed by atoms with van der Waals surface area (Å²) in [6.45, 7) is 1.13. The number of alkyl halides is 3. The topological polar surface area (TPSA) is 59.9 Å². The third-order valence-electron chi connectivity index (χ3n) is 1.70. The molecule has 1 saturated heterocycles. The molecule has 1 N–H and O–H groups in total. The number of nitrogens with one attached hydrogen (secondary N) is 1. The van der Waals surface area contributed by atoms with Gasteiger partial charge in [0, 0.05) is 19.5 Å². The van der Waals surface area contributed by atoms with Gasteiger partial charge in [0.1, 0.15) is 6.61 Å². The Labute approximate surface area is 89.6 Å². The van der Waals surface area contributed by atoms with E-state index >= 15 is 0 Å². The van der Waals surface area contributed by atoms with Crippen LogP contribution in [0.3, 0.4) is 0 Å². The van der Waals surface area contributed by atoms with Crippen molar-refractivity contribution < 1.29 is 27.5 Å². The fourth-order valence-electron chi connectivity index (χ4n) is 0.808. The second-order valence-electron chi connectivity index (χ2n) is 3.08. The number of halogens is 3. The molecule has 0 aromatic carbocycles. The number of hydrogen-bond acceptors (Lipinski definition) is 5. The average Bonchev–Trinajstić information content (AvgIpc) is 2.11. The van der Waals surface area contributed by atoms with E-state index in [1.807, 2.05) is 0 Å². The molecule has 0 unspecified atom stereocenters. The van der Waals surface area contributed by atoms with Gasteiger partial charge < -0.3 is 14.9 Å². The first-order valence-electron chi connectivity index (χ1n) is 4.62. The van der Waals surface area contributed by atoms with E-state index in [1.165, 1.54) is 0 Å². The number of oxime groups is 1. The SMILES string of the molecule is O=C(OCCCON=C1CNC1)C(F)(F)F. The van der Waals surface area contributed by atoms with Crippen LogP contribution in [0.4, 0.5) is 13.2 Å². The maximum atomic E-state index is 11.6. The predicted molar refractivity (Wildman–Crippen MR) is 47.9 cm³/mol. The predicted octanol–water partition coefficient (Wildman–Crippen LogP) is 0.458. The molecule has 0 radical (unpaired) electrons. The molecular formula is C8H11F3N2O3. The van der Waals surface area contributed by atoms with Crippen LogP contribution < -0.4 is 5.32 Å². The monoisotopic (exact) mass is 240 g/mol. The molecule has 0 amide bonds. The lowest BCUT2D eigenvalue weighted by atomic mass is 10.2. The molecule has 16 heavy (non-hydrogen) atoms. The zero-order chi connectivity index (χ0) is 12.0. The zero-order valence-corrected chi connectivity index (χ0v) is 8.34. The Bertz CT molecular complexity index is 272. The molecule has 0 saturated carbocycles. The zero-order valence-electron chi connectivity index (χ0n) is 8.34. The molecule has 1 rings (SSSR count). The summed E-state index contributed by atoms with van der Waals surface area (Å²) in [6.07, 6.45) is -4.76. The van der Waals surface area contributed by atoms with Crippen LogP contribution in [-0.4, -0.2) is 44.2 Å². The normalized spacial score (nSPS) is 15.3. The quantitative estimate of drug-likeness (QED) is 0.431. The number of carbonyl (C=O) groups is 1. The van der Waals surface area contributed by atoms with Gasteiger partial charge in [-0.3, -0.25) is 0 Å². The first-order chi connectivity index (χ1) is 7.50. The lowest BCUT2D eigenvalue weighted by molar-refractivity contribution is -0.199. The van der Waals surface area contributed by atoms with Crippen molar-refractivity contribution in [2.75, 3.05) is 26.3 Å². The summed E-state index contributed by atoms with van der Waals surface area (Å²) in [5.74, 6) is -2.18. The van der Waals surface area contributed by atoms with E-state index in [1.54, 1.807) is 0 Å². The summed E-state index contributed by atoms with van der Waals surface area (Å²) >= 11 is 0. The van der Waals surface area contributed by atoms with Gasteiger partial charge in [-0.05, 0) is 0 Å². The third-order valence-corrected chi connectivity index (χ3v) is 1.70. The number of ether oxygens (including phenoxy) is 1.